The Morgan fingerprint density at radius 1 is 1.24 bits per heavy atom. The van der Waals surface area contributed by atoms with Crippen LogP contribution in [0.1, 0.15) is 0 Å². The van der Waals surface area contributed by atoms with E-state index in [-0.39, 0.29) is 22.2 Å². The number of thioether (sulfide) groups is 1. The van der Waals surface area contributed by atoms with Crippen molar-refractivity contribution in [2.45, 2.75) is 4.90 Å². The van der Waals surface area contributed by atoms with E-state index >= 15 is 0 Å². The predicted octanol–water partition coefficient (Wildman–Crippen LogP) is 3.93. The summed E-state index contributed by atoms with van der Waals surface area (Å²) in [4.78, 5) is 12.3. The molecule has 3 nitrogen and oxygen atoms in total. The van der Waals surface area contributed by atoms with Gasteiger partial charge in [-0.15, -0.1) is 11.8 Å². The number of halogens is 3. The Balaban J connectivity index is 1.95. The molecule has 0 aliphatic rings. The van der Waals surface area contributed by atoms with Crippen LogP contribution < -0.4 is 11.1 Å². The molecule has 0 bridgehead atoms. The topological polar surface area (TPSA) is 55.1 Å². The van der Waals surface area contributed by atoms with Gasteiger partial charge in [0.2, 0.25) is 5.91 Å². The van der Waals surface area contributed by atoms with Crippen LogP contribution in [0.15, 0.2) is 41.3 Å². The Morgan fingerprint density at radius 3 is 2.67 bits per heavy atom. The molecule has 0 aliphatic carbocycles. The SMILES string of the molecule is Nc1cc(F)cc(SCC(=O)Nc2ccc(Cl)cc2F)c1. The van der Waals surface area contributed by atoms with E-state index in [9.17, 15) is 13.6 Å². The Bertz CT molecular complexity index is 662. The van der Waals surface area contributed by atoms with E-state index in [0.29, 0.717) is 4.90 Å². The van der Waals surface area contributed by atoms with E-state index in [4.69, 9.17) is 17.3 Å². The van der Waals surface area contributed by atoms with Gasteiger partial charge in [0, 0.05) is 15.6 Å². The van der Waals surface area contributed by atoms with Gasteiger partial charge in [-0.05, 0) is 36.4 Å². The van der Waals surface area contributed by atoms with Crippen LogP contribution in [0.4, 0.5) is 20.2 Å². The Morgan fingerprint density at radius 2 is 2.00 bits per heavy atom. The first-order chi connectivity index (χ1) is 9.94. The molecule has 21 heavy (non-hydrogen) atoms. The molecule has 1 amide bonds. The maximum atomic E-state index is 13.5. The van der Waals surface area contributed by atoms with Gasteiger partial charge >= 0.3 is 0 Å². The summed E-state index contributed by atoms with van der Waals surface area (Å²) in [5.41, 5.74) is 5.83. The van der Waals surface area contributed by atoms with Gasteiger partial charge in [0.25, 0.3) is 0 Å². The van der Waals surface area contributed by atoms with Gasteiger partial charge in [0.05, 0.1) is 11.4 Å². The molecule has 110 valence electrons. The quantitative estimate of drug-likeness (QED) is 0.660. The maximum absolute atomic E-state index is 13.5. The van der Waals surface area contributed by atoms with Gasteiger partial charge in [-0.25, -0.2) is 8.78 Å². The zero-order chi connectivity index (χ0) is 15.4. The Kier molecular flexibility index (Phi) is 5.03. The lowest BCUT2D eigenvalue weighted by molar-refractivity contribution is -0.113. The van der Waals surface area contributed by atoms with E-state index in [0.717, 1.165) is 17.8 Å². The molecule has 0 unspecified atom stereocenters. The Labute approximate surface area is 129 Å². The third kappa shape index (κ3) is 4.61. The first kappa shape index (κ1) is 15.6. The lowest BCUT2D eigenvalue weighted by Crippen LogP contribution is -2.15. The van der Waals surface area contributed by atoms with Crippen molar-refractivity contribution in [3.63, 3.8) is 0 Å². The van der Waals surface area contributed by atoms with Crippen molar-refractivity contribution in [1.82, 2.24) is 0 Å². The Hall–Kier alpha value is -1.79. The summed E-state index contributed by atoms with van der Waals surface area (Å²) < 4.78 is 26.6. The van der Waals surface area contributed by atoms with Crippen LogP contribution in [0.25, 0.3) is 0 Å². The molecule has 0 heterocycles. The summed E-state index contributed by atoms with van der Waals surface area (Å²) in [6.07, 6.45) is 0. The molecule has 0 aromatic heterocycles. The van der Waals surface area contributed by atoms with E-state index in [2.05, 4.69) is 5.32 Å². The number of carbonyl (C=O) groups excluding carboxylic acids is 1. The second-order valence-electron chi connectivity index (χ2n) is 4.18. The summed E-state index contributed by atoms with van der Waals surface area (Å²) >= 11 is 6.72. The fourth-order valence-electron chi connectivity index (χ4n) is 1.59. The van der Waals surface area contributed by atoms with Crippen molar-refractivity contribution in [3.8, 4) is 0 Å². The molecule has 2 aromatic carbocycles. The summed E-state index contributed by atoms with van der Waals surface area (Å²) in [5, 5.41) is 2.66. The smallest absolute Gasteiger partial charge is 0.234 e. The molecule has 0 saturated carbocycles. The minimum atomic E-state index is -0.615. The minimum Gasteiger partial charge on any atom is -0.399 e. The van der Waals surface area contributed by atoms with E-state index in [1.807, 2.05) is 0 Å². The summed E-state index contributed by atoms with van der Waals surface area (Å²) in [7, 11) is 0. The molecule has 0 spiro atoms. The number of benzene rings is 2. The highest BCUT2D eigenvalue weighted by atomic mass is 35.5. The minimum absolute atomic E-state index is 0.00492. The lowest BCUT2D eigenvalue weighted by atomic mass is 10.3. The number of amides is 1. The second kappa shape index (κ2) is 6.78. The summed E-state index contributed by atoms with van der Waals surface area (Å²) in [6.45, 7) is 0. The van der Waals surface area contributed by atoms with Crippen LogP contribution in [0, 0.1) is 11.6 Å². The van der Waals surface area contributed by atoms with E-state index in [1.165, 1.54) is 24.3 Å². The molecule has 2 rings (SSSR count). The number of rotatable bonds is 4. The third-order valence-corrected chi connectivity index (χ3v) is 3.68. The number of nitrogen functional groups attached to an aromatic ring is 1. The highest BCUT2D eigenvalue weighted by Crippen LogP contribution is 2.23. The second-order valence-corrected chi connectivity index (χ2v) is 5.67. The van der Waals surface area contributed by atoms with Gasteiger partial charge in [-0.1, -0.05) is 11.6 Å². The standard InChI is InChI=1S/C14H11ClF2N2OS/c15-8-1-2-13(12(17)3-8)19-14(20)7-21-11-5-9(16)4-10(18)6-11/h1-6H,7,18H2,(H,19,20). The van der Waals surface area contributed by atoms with Crippen LogP contribution in [0.2, 0.25) is 5.02 Å². The van der Waals surface area contributed by atoms with Gasteiger partial charge in [-0.3, -0.25) is 4.79 Å². The molecule has 3 N–H and O–H groups in total. The fourth-order valence-corrected chi connectivity index (χ4v) is 2.54. The maximum Gasteiger partial charge on any atom is 0.234 e. The molecular formula is C14H11ClF2N2OS. The molecule has 0 atom stereocenters. The van der Waals surface area contributed by atoms with Crippen molar-refractivity contribution in [1.29, 1.82) is 0 Å². The average Bonchev–Trinajstić information content (AvgIpc) is 2.39. The molecule has 7 heteroatoms. The number of nitrogens with two attached hydrogens (primary N) is 1. The van der Waals surface area contributed by atoms with E-state index in [1.54, 1.807) is 6.07 Å². The summed E-state index contributed by atoms with van der Waals surface area (Å²) in [5.74, 6) is -1.49. The van der Waals surface area contributed by atoms with Crippen LogP contribution in [-0.4, -0.2) is 11.7 Å². The van der Waals surface area contributed by atoms with Gasteiger partial charge in [0.1, 0.15) is 11.6 Å². The van der Waals surface area contributed by atoms with Crippen LogP contribution >= 0.6 is 23.4 Å². The van der Waals surface area contributed by atoms with Gasteiger partial charge in [-0.2, -0.15) is 0 Å². The van der Waals surface area contributed by atoms with E-state index < -0.39 is 17.5 Å². The molecular weight excluding hydrogens is 318 g/mol. The largest absolute Gasteiger partial charge is 0.399 e. The number of carbonyl (C=O) groups is 1. The number of hydrogen-bond acceptors (Lipinski definition) is 3. The number of nitrogens with one attached hydrogen (secondary N) is 1. The van der Waals surface area contributed by atoms with Crippen molar-refractivity contribution in [2.24, 2.45) is 0 Å². The average molecular weight is 329 g/mol. The molecule has 0 saturated heterocycles. The highest BCUT2D eigenvalue weighted by molar-refractivity contribution is 8.00. The van der Waals surface area contributed by atoms with Gasteiger partial charge < -0.3 is 11.1 Å². The lowest BCUT2D eigenvalue weighted by Gasteiger charge is -2.07. The monoisotopic (exact) mass is 328 g/mol. The van der Waals surface area contributed by atoms with Crippen LogP contribution in [0.3, 0.4) is 0 Å². The van der Waals surface area contributed by atoms with Crippen LogP contribution in [-0.2, 0) is 4.79 Å². The van der Waals surface area contributed by atoms with Crippen molar-refractivity contribution < 1.29 is 13.6 Å². The zero-order valence-electron chi connectivity index (χ0n) is 10.7. The van der Waals surface area contributed by atoms with Gasteiger partial charge in [0.15, 0.2) is 0 Å². The molecule has 0 aliphatic heterocycles. The molecule has 2 aromatic rings. The van der Waals surface area contributed by atoms with Crippen molar-refractivity contribution >= 4 is 40.6 Å². The van der Waals surface area contributed by atoms with Crippen molar-refractivity contribution in [2.75, 3.05) is 16.8 Å². The number of hydrogen-bond donors (Lipinski definition) is 2. The van der Waals surface area contributed by atoms with Crippen molar-refractivity contribution in [3.05, 3.63) is 53.1 Å². The summed E-state index contributed by atoms with van der Waals surface area (Å²) in [6, 6.07) is 7.98. The normalized spacial score (nSPS) is 10.4. The fraction of sp³-hybridized carbons (Fsp3) is 0.0714. The molecule has 0 fully saturated rings. The first-order valence-electron chi connectivity index (χ1n) is 5.88. The van der Waals surface area contributed by atoms with Crippen LogP contribution in [0.5, 0.6) is 0 Å². The third-order valence-electron chi connectivity index (χ3n) is 2.47. The highest BCUT2D eigenvalue weighted by Gasteiger charge is 2.09. The molecule has 0 radical (unpaired) electrons. The number of anilines is 2. The first-order valence-corrected chi connectivity index (χ1v) is 7.24. The predicted molar refractivity (Wildman–Crippen MR) is 81.6 cm³/mol. The zero-order valence-corrected chi connectivity index (χ0v) is 12.3.